The molecule has 3 aliphatic heterocycles. The summed E-state index contributed by atoms with van der Waals surface area (Å²) in [6.07, 6.45) is 1.39. The molecule has 0 saturated carbocycles. The summed E-state index contributed by atoms with van der Waals surface area (Å²) in [6, 6.07) is 22.3. The molecule has 0 aliphatic carbocycles. The predicted octanol–water partition coefficient (Wildman–Crippen LogP) is 0.666. The van der Waals surface area contributed by atoms with Crippen LogP contribution in [0.15, 0.2) is 94.5 Å². The predicted molar refractivity (Wildman–Crippen MR) is 265 cm³/mol. The number of carbonyl (C=O) groups is 6. The Hall–Kier alpha value is -7.56. The number of benzene rings is 2. The Morgan fingerprint density at radius 2 is 1.04 bits per heavy atom. The van der Waals surface area contributed by atoms with Gasteiger partial charge in [0.2, 0.25) is 5.91 Å². The van der Waals surface area contributed by atoms with Gasteiger partial charge in [-0.15, -0.1) is 9.46 Å². The number of hydrogen-bond donors (Lipinski definition) is 8. The monoisotopic (exact) mass is 998 g/mol. The maximum atomic E-state index is 13.8. The van der Waals surface area contributed by atoms with E-state index in [9.17, 15) is 38.4 Å². The van der Waals surface area contributed by atoms with Crippen molar-refractivity contribution in [3.05, 3.63) is 139 Å². The van der Waals surface area contributed by atoms with Crippen molar-refractivity contribution in [3.63, 3.8) is 0 Å². The van der Waals surface area contributed by atoms with E-state index in [-0.39, 0.29) is 94.1 Å². The molecule has 22 nitrogen and oxygen atoms in total. The molecule has 8 N–H and O–H groups in total. The smallest absolute Gasteiger partial charge is 0.407 e. The topological polar surface area (TPSA) is 280 Å². The first-order valence-electron chi connectivity index (χ1n) is 24.0. The molecule has 0 spiro atoms. The average Bonchev–Trinajstić information content (AvgIpc) is 3.35. The highest BCUT2D eigenvalue weighted by Crippen LogP contribution is 2.08. The van der Waals surface area contributed by atoms with Crippen LogP contribution in [0.25, 0.3) is 0 Å². The molecule has 6 amide bonds. The van der Waals surface area contributed by atoms with Crippen molar-refractivity contribution in [3.8, 4) is 0 Å². The number of pyridine rings is 2. The third-order valence-electron chi connectivity index (χ3n) is 10.6. The quantitative estimate of drug-likeness (QED) is 0.0856. The number of aromatic nitrogens is 2. The lowest BCUT2D eigenvalue weighted by Crippen LogP contribution is -2.46. The van der Waals surface area contributed by atoms with Crippen LogP contribution in [-0.4, -0.2) is 129 Å². The summed E-state index contributed by atoms with van der Waals surface area (Å²) in [5.41, 5.74) is -1.95. The molecule has 0 radical (unpaired) electrons. The van der Waals surface area contributed by atoms with E-state index in [1.54, 1.807) is 69.3 Å². The SMILES string of the molecule is CC(C)(C)OC(=O)NCCOCCNC(=O)C1CCCNCCCNC(=O)c2ccc(n(OCc3ccccc3)c2=O)C(=O)NCCNC(=O)c2ccc(c(=O)n2OCc2ccccc2)C(=O)NCCCN1. The number of ether oxygens (including phenoxy) is 2. The molecule has 3 aliphatic rings. The van der Waals surface area contributed by atoms with E-state index in [2.05, 4.69) is 42.5 Å². The minimum atomic E-state index is -0.888. The molecular formula is C50H66N10O12. The van der Waals surface area contributed by atoms with Crippen LogP contribution in [-0.2, 0) is 27.5 Å². The van der Waals surface area contributed by atoms with Crippen LogP contribution in [0.1, 0.15) is 99.3 Å². The normalized spacial score (nSPS) is 16.0. The van der Waals surface area contributed by atoms with Gasteiger partial charge in [0.25, 0.3) is 34.7 Å². The fraction of sp³-hybridized carbons (Fsp3) is 0.440. The lowest BCUT2D eigenvalue weighted by atomic mass is 10.1. The van der Waals surface area contributed by atoms with Crippen molar-refractivity contribution in [2.45, 2.75) is 71.3 Å². The standard InChI is InChI=1S/C50H66N10O12/c1-50(2,3)72-49(68)58-30-32-69-31-29-57-44(63)39-17-10-22-51-23-11-25-53-42(61)37-18-20-40(59(47(37)66)70-33-35-13-6-4-7-14-35)45(64)55-27-28-56-46(65)41-21-19-38(43(62)54-26-12-24-52-39)48(67)60(41)71-34-36-15-8-5-9-16-36/h4-9,13-16,18-21,39,51-52H,10-12,17,22-34H2,1-3H3,(H,53,61)(H,54,62)(H,55,64)(H,56,65)(H,57,63)(H,58,68). The number of alkyl carbamates (subject to hydrolysis) is 1. The zero-order chi connectivity index (χ0) is 51.7. The number of carbonyl (C=O) groups excluding carboxylic acids is 6. The highest BCUT2D eigenvalue weighted by Gasteiger charge is 2.23. The molecule has 7 rings (SSSR count). The highest BCUT2D eigenvalue weighted by molar-refractivity contribution is 5.97. The first kappa shape index (κ1) is 55.4. The number of rotatable bonds is 13. The van der Waals surface area contributed by atoms with Gasteiger partial charge in [0.15, 0.2) is 0 Å². The Bertz CT molecular complexity index is 2550. The van der Waals surface area contributed by atoms with Gasteiger partial charge in [0, 0.05) is 39.3 Å². The highest BCUT2D eigenvalue weighted by atomic mass is 16.7. The molecule has 72 heavy (non-hydrogen) atoms. The summed E-state index contributed by atoms with van der Waals surface area (Å²) in [5, 5.41) is 22.8. The van der Waals surface area contributed by atoms with E-state index in [4.69, 9.17) is 19.1 Å². The second-order valence-electron chi connectivity index (χ2n) is 17.4. The van der Waals surface area contributed by atoms with Crippen molar-refractivity contribution >= 4 is 35.6 Å². The van der Waals surface area contributed by atoms with E-state index >= 15 is 0 Å². The van der Waals surface area contributed by atoms with Gasteiger partial charge in [0.1, 0.15) is 41.3 Å². The molecular weight excluding hydrogens is 933 g/mol. The summed E-state index contributed by atoms with van der Waals surface area (Å²) in [5.74, 6) is -3.11. The maximum absolute atomic E-state index is 13.8. The molecule has 5 heterocycles. The summed E-state index contributed by atoms with van der Waals surface area (Å²) in [4.78, 5) is 118. The zero-order valence-electron chi connectivity index (χ0n) is 41.0. The van der Waals surface area contributed by atoms with Gasteiger partial charge in [-0.25, -0.2) is 4.79 Å². The summed E-state index contributed by atoms with van der Waals surface area (Å²) >= 11 is 0. The van der Waals surface area contributed by atoms with Crippen molar-refractivity contribution in [2.75, 3.05) is 72.1 Å². The Labute approximate surface area is 417 Å². The van der Waals surface area contributed by atoms with E-state index < -0.39 is 52.5 Å². The molecule has 2 aromatic carbocycles. The maximum Gasteiger partial charge on any atom is 0.407 e. The molecule has 4 bridgehead atoms. The third kappa shape index (κ3) is 18.3. The van der Waals surface area contributed by atoms with Crippen LogP contribution in [0.3, 0.4) is 0 Å². The van der Waals surface area contributed by atoms with E-state index in [0.717, 1.165) is 9.46 Å². The lowest BCUT2D eigenvalue weighted by Gasteiger charge is -2.20. The number of fused-ring (bicyclic) bond motifs is 2. The molecule has 2 aromatic heterocycles. The Balaban J connectivity index is 1.29. The molecule has 0 fully saturated rings. The van der Waals surface area contributed by atoms with Gasteiger partial charge < -0.3 is 61.7 Å². The van der Waals surface area contributed by atoms with Gasteiger partial charge in [-0.3, -0.25) is 33.6 Å². The molecule has 388 valence electrons. The largest absolute Gasteiger partial charge is 0.444 e. The summed E-state index contributed by atoms with van der Waals surface area (Å²) < 4.78 is 12.3. The molecule has 1 atom stereocenters. The van der Waals surface area contributed by atoms with Crippen LogP contribution in [0, 0.1) is 0 Å². The second kappa shape index (κ2) is 28.9. The van der Waals surface area contributed by atoms with Crippen LogP contribution in [0.4, 0.5) is 4.79 Å². The van der Waals surface area contributed by atoms with E-state index in [1.807, 2.05) is 12.1 Å². The fourth-order valence-corrected chi connectivity index (χ4v) is 7.00. The molecule has 0 saturated heterocycles. The van der Waals surface area contributed by atoms with Crippen molar-refractivity contribution in [2.24, 2.45) is 0 Å². The van der Waals surface area contributed by atoms with E-state index in [0.29, 0.717) is 56.4 Å². The van der Waals surface area contributed by atoms with Gasteiger partial charge in [-0.05, 0) is 101 Å². The number of hydrogen-bond acceptors (Lipinski definition) is 14. The van der Waals surface area contributed by atoms with Gasteiger partial charge in [0.05, 0.1) is 19.3 Å². The minimum Gasteiger partial charge on any atom is -0.444 e. The van der Waals surface area contributed by atoms with Crippen LogP contribution in [0.2, 0.25) is 0 Å². The lowest BCUT2D eigenvalue weighted by molar-refractivity contribution is -0.123. The Morgan fingerprint density at radius 1 is 0.569 bits per heavy atom. The third-order valence-corrected chi connectivity index (χ3v) is 10.6. The van der Waals surface area contributed by atoms with Crippen LogP contribution >= 0.6 is 0 Å². The molecule has 1 unspecified atom stereocenters. The molecule has 4 aromatic rings. The number of nitrogens with zero attached hydrogens (tertiary/aromatic N) is 2. The van der Waals surface area contributed by atoms with Gasteiger partial charge >= 0.3 is 6.09 Å². The first-order valence-corrected chi connectivity index (χ1v) is 24.0. The van der Waals surface area contributed by atoms with Crippen molar-refractivity contribution < 1.29 is 47.9 Å². The van der Waals surface area contributed by atoms with Crippen LogP contribution in [0.5, 0.6) is 0 Å². The Kier molecular flexibility index (Phi) is 22.3. The van der Waals surface area contributed by atoms with Gasteiger partial charge in [-0.2, -0.15) is 0 Å². The number of amides is 6. The minimum absolute atomic E-state index is 0.100. The summed E-state index contributed by atoms with van der Waals surface area (Å²) in [6.45, 7) is 7.42. The number of nitrogens with one attached hydrogen (secondary N) is 8. The summed E-state index contributed by atoms with van der Waals surface area (Å²) in [7, 11) is 0. The van der Waals surface area contributed by atoms with Crippen LogP contribution < -0.4 is 63.3 Å². The van der Waals surface area contributed by atoms with Crippen molar-refractivity contribution in [1.29, 1.82) is 0 Å². The molecule has 22 heteroatoms. The van der Waals surface area contributed by atoms with Gasteiger partial charge in [-0.1, -0.05) is 60.7 Å². The van der Waals surface area contributed by atoms with E-state index in [1.165, 1.54) is 24.3 Å². The zero-order valence-corrected chi connectivity index (χ0v) is 41.0. The second-order valence-corrected chi connectivity index (χ2v) is 17.4. The first-order chi connectivity index (χ1) is 34.7. The Morgan fingerprint density at radius 3 is 1.56 bits per heavy atom. The van der Waals surface area contributed by atoms with Crippen molar-refractivity contribution in [1.82, 2.24) is 52.0 Å². The fourth-order valence-electron chi connectivity index (χ4n) is 7.00. The average molecular weight is 999 g/mol.